The van der Waals surface area contributed by atoms with E-state index in [2.05, 4.69) is 20.9 Å². The molecule has 0 saturated heterocycles. The van der Waals surface area contributed by atoms with E-state index in [1.807, 2.05) is 48.5 Å². The number of amides is 1. The summed E-state index contributed by atoms with van der Waals surface area (Å²) in [6, 6.07) is 0. The van der Waals surface area contributed by atoms with Crippen molar-refractivity contribution in [2.24, 2.45) is 4.99 Å². The minimum atomic E-state index is -0.498. The van der Waals surface area contributed by atoms with Gasteiger partial charge in [-0.25, -0.2) is 4.79 Å². The van der Waals surface area contributed by atoms with Gasteiger partial charge in [0.05, 0.1) is 12.1 Å². The molecule has 0 aliphatic heterocycles. The fourth-order valence-corrected chi connectivity index (χ4v) is 1.41. The first kappa shape index (κ1) is 18.5. The number of aliphatic imine (C=N–C) groups is 1. The van der Waals surface area contributed by atoms with Crippen LogP contribution in [-0.4, -0.2) is 42.8 Å². The predicted molar refractivity (Wildman–Crippen MR) is 83.1 cm³/mol. The first-order chi connectivity index (χ1) is 9.09. The third-order valence-corrected chi connectivity index (χ3v) is 2.16. The summed E-state index contributed by atoms with van der Waals surface area (Å²) < 4.78 is 5.25. The van der Waals surface area contributed by atoms with Crippen LogP contribution in [0.25, 0.3) is 0 Å². The van der Waals surface area contributed by atoms with Crippen LogP contribution in [0, 0.1) is 0 Å². The van der Waals surface area contributed by atoms with Crippen LogP contribution < -0.4 is 16.0 Å². The highest BCUT2D eigenvalue weighted by Crippen LogP contribution is 2.09. The van der Waals surface area contributed by atoms with Crippen LogP contribution in [0.4, 0.5) is 4.79 Å². The molecule has 118 valence electrons. The van der Waals surface area contributed by atoms with Gasteiger partial charge in [0.15, 0.2) is 5.96 Å². The Labute approximate surface area is 122 Å². The first-order valence-corrected chi connectivity index (χ1v) is 7.13. The summed E-state index contributed by atoms with van der Waals surface area (Å²) in [5.41, 5.74) is -0.972. The number of hydrogen-bond acceptors (Lipinski definition) is 3. The zero-order chi connectivity index (χ0) is 15.8. The van der Waals surface area contributed by atoms with Gasteiger partial charge in [-0.1, -0.05) is 0 Å². The average molecular weight is 286 g/mol. The molecule has 0 rings (SSSR count). The largest absolute Gasteiger partial charge is 0.444 e. The molecule has 0 heterocycles. The molecule has 0 aromatic heterocycles. The number of hydrogen-bond donors (Lipinski definition) is 3. The number of ether oxygens (including phenoxy) is 1. The van der Waals surface area contributed by atoms with Crippen molar-refractivity contribution < 1.29 is 9.53 Å². The Balaban J connectivity index is 4.49. The molecule has 0 aromatic carbocycles. The normalized spacial score (nSPS) is 11.6. The highest BCUT2D eigenvalue weighted by Gasteiger charge is 2.24. The summed E-state index contributed by atoms with van der Waals surface area (Å²) in [6.45, 7) is 15.4. The lowest BCUT2D eigenvalue weighted by Crippen LogP contribution is -2.48. The van der Waals surface area contributed by atoms with E-state index in [9.17, 15) is 4.79 Å². The summed E-state index contributed by atoms with van der Waals surface area (Å²) in [5.74, 6) is 0.745. The van der Waals surface area contributed by atoms with Gasteiger partial charge < -0.3 is 20.7 Å². The standard InChI is InChI=1S/C14H30N4O2/c1-8-15-11(16-9-2)17-10-14(6,7)18-12(19)20-13(3,4)5/h8-10H2,1-7H3,(H,18,19)(H2,15,16,17). The Morgan fingerprint density at radius 3 is 1.95 bits per heavy atom. The Morgan fingerprint density at radius 1 is 1.05 bits per heavy atom. The number of nitrogens with zero attached hydrogens (tertiary/aromatic N) is 1. The van der Waals surface area contributed by atoms with Crippen LogP contribution in [0.15, 0.2) is 4.99 Å². The van der Waals surface area contributed by atoms with Gasteiger partial charge in [0.25, 0.3) is 0 Å². The molecule has 0 aliphatic carbocycles. The van der Waals surface area contributed by atoms with Crippen molar-refractivity contribution in [3.8, 4) is 0 Å². The second-order valence-corrected chi connectivity index (χ2v) is 6.24. The molecular weight excluding hydrogens is 256 g/mol. The molecule has 0 aliphatic rings. The Kier molecular flexibility index (Phi) is 7.39. The molecule has 6 nitrogen and oxygen atoms in total. The minimum Gasteiger partial charge on any atom is -0.444 e. The highest BCUT2D eigenvalue weighted by molar-refractivity contribution is 5.79. The van der Waals surface area contributed by atoms with Gasteiger partial charge in [0, 0.05) is 13.1 Å². The molecule has 0 aromatic rings. The third kappa shape index (κ3) is 9.47. The smallest absolute Gasteiger partial charge is 0.408 e. The maximum Gasteiger partial charge on any atom is 0.408 e. The van der Waals surface area contributed by atoms with E-state index in [1.165, 1.54) is 0 Å². The summed E-state index contributed by atoms with van der Waals surface area (Å²) in [6.07, 6.45) is -0.425. The fourth-order valence-electron chi connectivity index (χ4n) is 1.41. The quantitative estimate of drug-likeness (QED) is 0.533. The van der Waals surface area contributed by atoms with Crippen LogP contribution >= 0.6 is 0 Å². The zero-order valence-corrected chi connectivity index (χ0v) is 13.9. The lowest BCUT2D eigenvalue weighted by Gasteiger charge is -2.27. The van der Waals surface area contributed by atoms with Gasteiger partial charge in [-0.2, -0.15) is 0 Å². The Morgan fingerprint density at radius 2 is 1.55 bits per heavy atom. The minimum absolute atomic E-state index is 0.425. The molecule has 0 radical (unpaired) electrons. The molecule has 3 N–H and O–H groups in total. The number of alkyl carbamates (subject to hydrolysis) is 1. The SMILES string of the molecule is CCNC(=NCC(C)(C)NC(=O)OC(C)(C)C)NCC. The van der Waals surface area contributed by atoms with Gasteiger partial charge in [0.2, 0.25) is 0 Å². The predicted octanol–water partition coefficient (Wildman–Crippen LogP) is 1.86. The summed E-state index contributed by atoms with van der Waals surface area (Å²) in [7, 11) is 0. The number of carbonyl (C=O) groups is 1. The van der Waals surface area contributed by atoms with Gasteiger partial charge >= 0.3 is 6.09 Å². The molecular formula is C14H30N4O2. The van der Waals surface area contributed by atoms with E-state index in [0.29, 0.717) is 6.54 Å². The number of guanidine groups is 1. The highest BCUT2D eigenvalue weighted by atomic mass is 16.6. The maximum atomic E-state index is 11.8. The van der Waals surface area contributed by atoms with Crippen LogP contribution in [0.5, 0.6) is 0 Å². The molecule has 20 heavy (non-hydrogen) atoms. The van der Waals surface area contributed by atoms with Crippen LogP contribution in [-0.2, 0) is 4.74 Å². The van der Waals surface area contributed by atoms with Crippen molar-refractivity contribution >= 4 is 12.1 Å². The van der Waals surface area contributed by atoms with E-state index >= 15 is 0 Å². The second kappa shape index (κ2) is 7.97. The maximum absolute atomic E-state index is 11.8. The fraction of sp³-hybridized carbons (Fsp3) is 0.857. The number of carbonyl (C=O) groups excluding carboxylic acids is 1. The summed E-state index contributed by atoms with van der Waals surface area (Å²) in [4.78, 5) is 16.2. The van der Waals surface area contributed by atoms with E-state index in [1.54, 1.807) is 0 Å². The first-order valence-electron chi connectivity index (χ1n) is 7.13. The van der Waals surface area contributed by atoms with E-state index in [-0.39, 0.29) is 0 Å². The van der Waals surface area contributed by atoms with E-state index in [0.717, 1.165) is 19.0 Å². The number of rotatable bonds is 5. The van der Waals surface area contributed by atoms with Gasteiger partial charge in [-0.05, 0) is 48.5 Å². The summed E-state index contributed by atoms with van der Waals surface area (Å²) in [5, 5.41) is 9.11. The van der Waals surface area contributed by atoms with Crippen molar-refractivity contribution in [1.82, 2.24) is 16.0 Å². The Hall–Kier alpha value is -1.46. The molecule has 0 saturated carbocycles. The molecule has 0 spiro atoms. The third-order valence-electron chi connectivity index (χ3n) is 2.16. The second-order valence-electron chi connectivity index (χ2n) is 6.24. The Bertz CT molecular complexity index is 325. The van der Waals surface area contributed by atoms with Gasteiger partial charge in [0.1, 0.15) is 5.60 Å². The lowest BCUT2D eigenvalue weighted by atomic mass is 10.1. The zero-order valence-electron chi connectivity index (χ0n) is 13.9. The van der Waals surface area contributed by atoms with E-state index < -0.39 is 17.2 Å². The molecule has 6 heteroatoms. The van der Waals surface area contributed by atoms with Crippen LogP contribution in [0.3, 0.4) is 0 Å². The van der Waals surface area contributed by atoms with Crippen LogP contribution in [0.2, 0.25) is 0 Å². The topological polar surface area (TPSA) is 74.8 Å². The molecule has 0 atom stereocenters. The molecule has 0 fully saturated rings. The monoisotopic (exact) mass is 286 g/mol. The van der Waals surface area contributed by atoms with Crippen molar-refractivity contribution in [2.75, 3.05) is 19.6 Å². The lowest BCUT2D eigenvalue weighted by molar-refractivity contribution is 0.0476. The van der Waals surface area contributed by atoms with Crippen molar-refractivity contribution in [3.05, 3.63) is 0 Å². The van der Waals surface area contributed by atoms with Crippen molar-refractivity contribution in [1.29, 1.82) is 0 Å². The molecule has 1 amide bonds. The number of nitrogens with one attached hydrogen (secondary N) is 3. The van der Waals surface area contributed by atoms with Crippen molar-refractivity contribution in [2.45, 2.75) is 59.6 Å². The van der Waals surface area contributed by atoms with Crippen molar-refractivity contribution in [3.63, 3.8) is 0 Å². The summed E-state index contributed by atoms with van der Waals surface area (Å²) >= 11 is 0. The van der Waals surface area contributed by atoms with Gasteiger partial charge in [-0.3, -0.25) is 4.99 Å². The van der Waals surface area contributed by atoms with Gasteiger partial charge in [-0.15, -0.1) is 0 Å². The average Bonchev–Trinajstić information content (AvgIpc) is 2.23. The molecule has 0 unspecified atom stereocenters. The van der Waals surface area contributed by atoms with Crippen LogP contribution in [0.1, 0.15) is 48.5 Å². The van der Waals surface area contributed by atoms with E-state index in [4.69, 9.17) is 4.74 Å². The molecule has 0 bridgehead atoms.